The number of hydrogen-bond donors (Lipinski definition) is 1. The van der Waals surface area contributed by atoms with Gasteiger partial charge in [-0.2, -0.15) is 11.8 Å². The molecule has 0 saturated heterocycles. The van der Waals surface area contributed by atoms with Crippen LogP contribution < -0.4 is 10.1 Å². The Hall–Kier alpha value is -1.65. The van der Waals surface area contributed by atoms with E-state index in [-0.39, 0.29) is 5.91 Å². The minimum Gasteiger partial charge on any atom is -0.481 e. The van der Waals surface area contributed by atoms with Crippen LogP contribution in [0.15, 0.2) is 42.5 Å². The van der Waals surface area contributed by atoms with Crippen LogP contribution in [0.5, 0.6) is 5.75 Å². The lowest BCUT2D eigenvalue weighted by molar-refractivity contribution is -0.127. The van der Waals surface area contributed by atoms with Gasteiger partial charge in [0.2, 0.25) is 0 Å². The third kappa shape index (κ3) is 6.58. The van der Waals surface area contributed by atoms with Gasteiger partial charge in [-0.1, -0.05) is 42.8 Å². The molecule has 0 unspecified atom stereocenters. The highest BCUT2D eigenvalue weighted by Gasteiger charge is 2.18. The maximum Gasteiger partial charge on any atom is 0.261 e. The van der Waals surface area contributed by atoms with Gasteiger partial charge in [-0.15, -0.1) is 0 Å². The fourth-order valence-corrected chi connectivity index (χ4v) is 3.79. The van der Waals surface area contributed by atoms with E-state index in [4.69, 9.17) is 16.3 Å². The lowest BCUT2D eigenvalue weighted by Gasteiger charge is -2.18. The van der Waals surface area contributed by atoms with Gasteiger partial charge in [0.1, 0.15) is 5.75 Å². The monoisotopic (exact) mass is 391 g/mol. The summed E-state index contributed by atoms with van der Waals surface area (Å²) in [7, 11) is 0. The summed E-state index contributed by atoms with van der Waals surface area (Å²) in [5.74, 6) is 2.35. The van der Waals surface area contributed by atoms with Gasteiger partial charge in [-0.05, 0) is 55.2 Å². The summed E-state index contributed by atoms with van der Waals surface area (Å²) in [6, 6.07) is 13.8. The maximum atomic E-state index is 12.4. The first-order valence-corrected chi connectivity index (χ1v) is 10.4. The highest BCUT2D eigenvalue weighted by molar-refractivity contribution is 7.98. The number of ether oxygens (including phenoxy) is 1. The highest BCUT2D eigenvalue weighted by Crippen LogP contribution is 2.21. The average Bonchev–Trinajstić information content (AvgIpc) is 2.60. The Morgan fingerprint density at radius 2 is 1.88 bits per heavy atom. The molecule has 0 bridgehead atoms. The molecule has 0 heterocycles. The van der Waals surface area contributed by atoms with E-state index in [9.17, 15) is 4.79 Å². The van der Waals surface area contributed by atoms with E-state index in [0.29, 0.717) is 13.0 Å². The number of nitrogens with one attached hydrogen (secondary N) is 1. The molecule has 140 valence electrons. The molecule has 0 aromatic heterocycles. The summed E-state index contributed by atoms with van der Waals surface area (Å²) in [5.41, 5.74) is 3.38. The zero-order valence-electron chi connectivity index (χ0n) is 15.5. The van der Waals surface area contributed by atoms with E-state index in [1.165, 1.54) is 0 Å². The van der Waals surface area contributed by atoms with Crippen molar-refractivity contribution in [2.45, 2.75) is 39.0 Å². The molecule has 2 aromatic rings. The van der Waals surface area contributed by atoms with E-state index in [0.717, 1.165) is 39.0 Å². The molecule has 3 nitrogen and oxygen atoms in total. The Labute approximate surface area is 165 Å². The molecule has 1 N–H and O–H groups in total. The third-order valence-corrected chi connectivity index (χ3v) is 5.27. The fraction of sp³-hybridized carbons (Fsp3) is 0.381. The smallest absolute Gasteiger partial charge is 0.261 e. The van der Waals surface area contributed by atoms with Crippen molar-refractivity contribution >= 4 is 29.3 Å². The van der Waals surface area contributed by atoms with E-state index < -0.39 is 6.10 Å². The first-order valence-electron chi connectivity index (χ1n) is 8.83. The van der Waals surface area contributed by atoms with Gasteiger partial charge >= 0.3 is 0 Å². The van der Waals surface area contributed by atoms with E-state index in [1.807, 2.05) is 57.2 Å². The van der Waals surface area contributed by atoms with Crippen LogP contribution >= 0.6 is 23.4 Å². The molecule has 0 saturated carbocycles. The van der Waals surface area contributed by atoms with Crippen LogP contribution in [0.25, 0.3) is 0 Å². The van der Waals surface area contributed by atoms with Gasteiger partial charge in [0.05, 0.1) is 0 Å². The Morgan fingerprint density at radius 3 is 2.54 bits per heavy atom. The minimum atomic E-state index is -0.468. The highest BCUT2D eigenvalue weighted by atomic mass is 35.5. The molecule has 0 aliphatic rings. The number of carbonyl (C=O) groups is 1. The molecule has 0 aliphatic heterocycles. The zero-order valence-corrected chi connectivity index (χ0v) is 17.1. The number of aryl methyl sites for hydroxylation is 2. The molecule has 1 amide bonds. The van der Waals surface area contributed by atoms with Crippen molar-refractivity contribution in [3.8, 4) is 5.75 Å². The summed E-state index contributed by atoms with van der Waals surface area (Å²) >= 11 is 7.90. The summed E-state index contributed by atoms with van der Waals surface area (Å²) < 4.78 is 5.89. The lowest BCUT2D eigenvalue weighted by Crippen LogP contribution is -2.39. The fourth-order valence-electron chi connectivity index (χ4n) is 2.65. The van der Waals surface area contributed by atoms with Gasteiger partial charge in [0.25, 0.3) is 5.91 Å². The quantitative estimate of drug-likeness (QED) is 0.599. The molecule has 5 heteroatoms. The third-order valence-electron chi connectivity index (χ3n) is 3.90. The summed E-state index contributed by atoms with van der Waals surface area (Å²) in [5, 5.41) is 3.76. The van der Waals surface area contributed by atoms with Crippen molar-refractivity contribution < 1.29 is 9.53 Å². The van der Waals surface area contributed by atoms with Crippen molar-refractivity contribution in [2.75, 3.05) is 12.3 Å². The van der Waals surface area contributed by atoms with Gasteiger partial charge in [0, 0.05) is 23.1 Å². The zero-order chi connectivity index (χ0) is 18.9. The minimum absolute atomic E-state index is 0.0648. The molecule has 26 heavy (non-hydrogen) atoms. The van der Waals surface area contributed by atoms with Crippen LogP contribution in [0.1, 0.15) is 30.0 Å². The van der Waals surface area contributed by atoms with E-state index >= 15 is 0 Å². The number of halogens is 1. The topological polar surface area (TPSA) is 38.3 Å². The van der Waals surface area contributed by atoms with Crippen molar-refractivity contribution in [2.24, 2.45) is 0 Å². The second-order valence-corrected chi connectivity index (χ2v) is 7.79. The molecule has 2 aromatic carbocycles. The molecule has 0 aliphatic carbocycles. The molecular formula is C21H26ClNO2S. The maximum absolute atomic E-state index is 12.4. The standard InChI is InChI=1S/C21H26ClNO2S/c1-4-20(25-18-12-15(2)11-16(3)13-18)21(24)23-9-10-26-14-17-7-5-6-8-19(17)22/h5-8,11-13,20H,4,9-10,14H2,1-3H3,(H,23,24)/t20-/m0/s1. The van der Waals surface area contributed by atoms with E-state index in [2.05, 4.69) is 11.4 Å². The predicted octanol–water partition coefficient (Wildman–Crippen LogP) is 5.16. The first kappa shape index (κ1) is 20.7. The van der Waals surface area contributed by atoms with Gasteiger partial charge in [-0.25, -0.2) is 0 Å². The Balaban J connectivity index is 1.75. The predicted molar refractivity (Wildman–Crippen MR) is 111 cm³/mol. The SMILES string of the molecule is CC[C@H](Oc1cc(C)cc(C)c1)C(=O)NCCSCc1ccccc1Cl. The van der Waals surface area contributed by atoms with E-state index in [1.54, 1.807) is 11.8 Å². The summed E-state index contributed by atoms with van der Waals surface area (Å²) in [4.78, 5) is 12.4. The van der Waals surface area contributed by atoms with Crippen molar-refractivity contribution in [1.82, 2.24) is 5.32 Å². The Morgan fingerprint density at radius 1 is 1.19 bits per heavy atom. The average molecular weight is 392 g/mol. The Kier molecular flexibility index (Phi) is 8.33. The van der Waals surface area contributed by atoms with Crippen LogP contribution in [0.3, 0.4) is 0 Å². The van der Waals surface area contributed by atoms with Crippen molar-refractivity contribution in [3.63, 3.8) is 0 Å². The van der Waals surface area contributed by atoms with Gasteiger partial charge in [-0.3, -0.25) is 4.79 Å². The summed E-state index contributed by atoms with van der Waals surface area (Å²) in [6.07, 6.45) is 0.163. The normalized spacial score (nSPS) is 11.8. The number of thioether (sulfide) groups is 1. The second-order valence-electron chi connectivity index (χ2n) is 6.27. The van der Waals surface area contributed by atoms with Gasteiger partial charge < -0.3 is 10.1 Å². The molecule has 0 spiro atoms. The van der Waals surface area contributed by atoms with Crippen LogP contribution in [-0.2, 0) is 10.5 Å². The molecule has 1 atom stereocenters. The number of hydrogen-bond acceptors (Lipinski definition) is 3. The Bertz CT molecular complexity index is 715. The van der Waals surface area contributed by atoms with Crippen molar-refractivity contribution in [3.05, 3.63) is 64.2 Å². The van der Waals surface area contributed by atoms with Crippen LogP contribution in [0, 0.1) is 13.8 Å². The molecular weight excluding hydrogens is 366 g/mol. The molecule has 0 radical (unpaired) electrons. The van der Waals surface area contributed by atoms with Crippen LogP contribution in [-0.4, -0.2) is 24.3 Å². The summed E-state index contributed by atoms with van der Waals surface area (Å²) in [6.45, 7) is 6.62. The molecule has 0 fully saturated rings. The van der Waals surface area contributed by atoms with Crippen molar-refractivity contribution in [1.29, 1.82) is 0 Å². The van der Waals surface area contributed by atoms with Crippen LogP contribution in [0.2, 0.25) is 5.02 Å². The second kappa shape index (κ2) is 10.5. The van der Waals surface area contributed by atoms with Gasteiger partial charge in [0.15, 0.2) is 6.10 Å². The molecule has 2 rings (SSSR count). The van der Waals surface area contributed by atoms with Crippen LogP contribution in [0.4, 0.5) is 0 Å². The number of carbonyl (C=O) groups excluding carboxylic acids is 1. The lowest BCUT2D eigenvalue weighted by atomic mass is 10.1. The number of benzene rings is 2. The number of amides is 1. The largest absolute Gasteiger partial charge is 0.481 e. The number of rotatable bonds is 9. The first-order chi connectivity index (χ1) is 12.5.